The van der Waals surface area contributed by atoms with Crippen molar-refractivity contribution in [3.05, 3.63) is 59.2 Å². The highest BCUT2D eigenvalue weighted by molar-refractivity contribution is 7.89. The van der Waals surface area contributed by atoms with Crippen molar-refractivity contribution in [1.82, 2.24) is 0 Å². The molecule has 6 heteroatoms. The Balaban J connectivity index is 2.28. The standard InChI is InChI=1S/C15H16N2O3S/c1-10-6-7-14(11(2)8-10)15(18)17-12-4-3-5-13(9-12)21(16,19)20/h3-9H,1-2H3,(H,17,18)(H2,16,19,20). The van der Waals surface area contributed by atoms with Crippen molar-refractivity contribution in [3.8, 4) is 0 Å². The molecule has 0 aromatic heterocycles. The highest BCUT2D eigenvalue weighted by Crippen LogP contribution is 2.17. The van der Waals surface area contributed by atoms with Crippen LogP contribution in [0.3, 0.4) is 0 Å². The van der Waals surface area contributed by atoms with E-state index in [1.807, 2.05) is 26.0 Å². The number of rotatable bonds is 3. The van der Waals surface area contributed by atoms with Gasteiger partial charge < -0.3 is 5.32 Å². The van der Waals surface area contributed by atoms with Crippen molar-refractivity contribution < 1.29 is 13.2 Å². The molecule has 0 atom stereocenters. The third kappa shape index (κ3) is 3.68. The number of carbonyl (C=O) groups is 1. The van der Waals surface area contributed by atoms with Crippen LogP contribution in [-0.2, 0) is 10.0 Å². The zero-order valence-electron chi connectivity index (χ0n) is 11.8. The summed E-state index contributed by atoms with van der Waals surface area (Å²) in [7, 11) is -3.79. The molecule has 0 aliphatic heterocycles. The minimum atomic E-state index is -3.79. The summed E-state index contributed by atoms with van der Waals surface area (Å²) in [4.78, 5) is 12.2. The maximum Gasteiger partial charge on any atom is 0.255 e. The third-order valence-electron chi connectivity index (χ3n) is 3.05. The van der Waals surface area contributed by atoms with E-state index in [2.05, 4.69) is 5.32 Å². The lowest BCUT2D eigenvalue weighted by Crippen LogP contribution is -2.15. The molecule has 3 N–H and O–H groups in total. The molecule has 1 amide bonds. The maximum absolute atomic E-state index is 12.2. The number of nitrogens with one attached hydrogen (secondary N) is 1. The van der Waals surface area contributed by atoms with Gasteiger partial charge in [-0.15, -0.1) is 0 Å². The Morgan fingerprint density at radius 3 is 2.43 bits per heavy atom. The summed E-state index contributed by atoms with van der Waals surface area (Å²) in [6.45, 7) is 3.80. The van der Waals surface area contributed by atoms with Gasteiger partial charge >= 0.3 is 0 Å². The van der Waals surface area contributed by atoms with Crippen LogP contribution in [0.1, 0.15) is 21.5 Å². The Hall–Kier alpha value is -2.18. The van der Waals surface area contributed by atoms with Crippen LogP contribution in [0.5, 0.6) is 0 Å². The van der Waals surface area contributed by atoms with E-state index < -0.39 is 10.0 Å². The summed E-state index contributed by atoms with van der Waals surface area (Å²) < 4.78 is 22.6. The fourth-order valence-electron chi connectivity index (χ4n) is 2.02. The fraction of sp³-hybridized carbons (Fsp3) is 0.133. The van der Waals surface area contributed by atoms with Crippen LogP contribution in [0.4, 0.5) is 5.69 Å². The molecule has 2 aromatic rings. The summed E-state index contributed by atoms with van der Waals surface area (Å²) >= 11 is 0. The largest absolute Gasteiger partial charge is 0.322 e. The third-order valence-corrected chi connectivity index (χ3v) is 3.96. The number of anilines is 1. The molecule has 0 unspecified atom stereocenters. The molecule has 0 bridgehead atoms. The van der Waals surface area contributed by atoms with Gasteiger partial charge in [0.15, 0.2) is 0 Å². The van der Waals surface area contributed by atoms with Crippen LogP contribution < -0.4 is 10.5 Å². The molecule has 21 heavy (non-hydrogen) atoms. The topological polar surface area (TPSA) is 89.3 Å². The van der Waals surface area contributed by atoms with E-state index in [1.54, 1.807) is 12.1 Å². The van der Waals surface area contributed by atoms with Crippen LogP contribution in [0.15, 0.2) is 47.4 Å². The monoisotopic (exact) mass is 304 g/mol. The zero-order valence-corrected chi connectivity index (χ0v) is 12.6. The van der Waals surface area contributed by atoms with E-state index in [1.165, 1.54) is 18.2 Å². The molecule has 0 heterocycles. The van der Waals surface area contributed by atoms with E-state index >= 15 is 0 Å². The smallest absolute Gasteiger partial charge is 0.255 e. The van der Waals surface area contributed by atoms with Gasteiger partial charge in [0, 0.05) is 11.3 Å². The van der Waals surface area contributed by atoms with E-state index in [9.17, 15) is 13.2 Å². The molecule has 0 spiro atoms. The average molecular weight is 304 g/mol. The SMILES string of the molecule is Cc1ccc(C(=O)Nc2cccc(S(N)(=O)=O)c2)c(C)c1. The first kappa shape index (κ1) is 15.2. The van der Waals surface area contributed by atoms with Crippen LogP contribution in [-0.4, -0.2) is 14.3 Å². The fourth-order valence-corrected chi connectivity index (χ4v) is 2.58. The number of benzene rings is 2. The van der Waals surface area contributed by atoms with Gasteiger partial charge in [0.2, 0.25) is 10.0 Å². The van der Waals surface area contributed by atoms with Crippen LogP contribution in [0, 0.1) is 13.8 Å². The number of carbonyl (C=O) groups excluding carboxylic acids is 1. The molecule has 110 valence electrons. The van der Waals surface area contributed by atoms with Gasteiger partial charge in [0.25, 0.3) is 5.91 Å². The van der Waals surface area contributed by atoms with E-state index in [4.69, 9.17) is 5.14 Å². The first-order valence-electron chi connectivity index (χ1n) is 6.29. The lowest BCUT2D eigenvalue weighted by Gasteiger charge is -2.09. The number of hydrogen-bond donors (Lipinski definition) is 2. The molecule has 0 fully saturated rings. The minimum Gasteiger partial charge on any atom is -0.322 e. The second kappa shape index (κ2) is 5.67. The molecule has 0 aliphatic rings. The van der Waals surface area contributed by atoms with E-state index in [0.29, 0.717) is 11.3 Å². The predicted molar refractivity (Wildman–Crippen MR) is 81.7 cm³/mol. The van der Waals surface area contributed by atoms with Gasteiger partial charge in [-0.2, -0.15) is 0 Å². The lowest BCUT2D eigenvalue weighted by atomic mass is 10.1. The number of primary sulfonamides is 1. The summed E-state index contributed by atoms with van der Waals surface area (Å²) in [6.07, 6.45) is 0. The highest BCUT2D eigenvalue weighted by Gasteiger charge is 2.12. The molecule has 0 saturated heterocycles. The van der Waals surface area contributed by atoms with Gasteiger partial charge in [-0.05, 0) is 43.7 Å². The normalized spacial score (nSPS) is 11.2. The van der Waals surface area contributed by atoms with Gasteiger partial charge in [0.05, 0.1) is 4.90 Å². The Kier molecular flexibility index (Phi) is 4.11. The Labute approximate surface area is 123 Å². The van der Waals surface area contributed by atoms with E-state index in [0.717, 1.165) is 11.1 Å². The summed E-state index contributed by atoms with van der Waals surface area (Å²) in [5, 5.41) is 7.74. The number of aryl methyl sites for hydroxylation is 2. The number of amides is 1. The first-order chi connectivity index (χ1) is 9.77. The summed E-state index contributed by atoms with van der Waals surface area (Å²) in [5.41, 5.74) is 2.85. The van der Waals surface area contributed by atoms with Gasteiger partial charge in [-0.25, -0.2) is 13.6 Å². The quantitative estimate of drug-likeness (QED) is 0.911. The molecular formula is C15H16N2O3S. The van der Waals surface area contributed by atoms with Crippen LogP contribution in [0.2, 0.25) is 0 Å². The first-order valence-corrected chi connectivity index (χ1v) is 7.83. The number of hydrogen-bond acceptors (Lipinski definition) is 3. The average Bonchev–Trinajstić information content (AvgIpc) is 2.37. The summed E-state index contributed by atoms with van der Waals surface area (Å²) in [6, 6.07) is 11.3. The highest BCUT2D eigenvalue weighted by atomic mass is 32.2. The summed E-state index contributed by atoms with van der Waals surface area (Å²) in [5.74, 6) is -0.293. The Morgan fingerprint density at radius 1 is 1.10 bits per heavy atom. The molecule has 2 aromatic carbocycles. The van der Waals surface area contributed by atoms with E-state index in [-0.39, 0.29) is 10.8 Å². The second-order valence-corrected chi connectivity index (χ2v) is 6.41. The van der Waals surface area contributed by atoms with Crippen molar-refractivity contribution >= 4 is 21.6 Å². The maximum atomic E-state index is 12.2. The van der Waals surface area contributed by atoms with Crippen LogP contribution in [0.25, 0.3) is 0 Å². The van der Waals surface area contributed by atoms with Crippen molar-refractivity contribution in [2.45, 2.75) is 18.7 Å². The molecule has 5 nitrogen and oxygen atoms in total. The number of sulfonamides is 1. The van der Waals surface area contributed by atoms with Crippen molar-refractivity contribution in [1.29, 1.82) is 0 Å². The molecule has 0 aliphatic carbocycles. The van der Waals surface area contributed by atoms with Gasteiger partial charge in [-0.1, -0.05) is 23.8 Å². The molecule has 0 saturated carbocycles. The van der Waals surface area contributed by atoms with Crippen molar-refractivity contribution in [3.63, 3.8) is 0 Å². The Bertz CT molecular complexity index is 798. The van der Waals surface area contributed by atoms with Crippen molar-refractivity contribution in [2.75, 3.05) is 5.32 Å². The minimum absolute atomic E-state index is 0.0408. The Morgan fingerprint density at radius 2 is 1.81 bits per heavy atom. The molecular weight excluding hydrogens is 288 g/mol. The lowest BCUT2D eigenvalue weighted by molar-refractivity contribution is 0.102. The second-order valence-electron chi connectivity index (χ2n) is 4.85. The molecule has 0 radical (unpaired) electrons. The van der Waals surface area contributed by atoms with Gasteiger partial charge in [-0.3, -0.25) is 4.79 Å². The number of nitrogens with two attached hydrogens (primary N) is 1. The van der Waals surface area contributed by atoms with Gasteiger partial charge in [0.1, 0.15) is 0 Å². The van der Waals surface area contributed by atoms with Crippen molar-refractivity contribution in [2.24, 2.45) is 5.14 Å². The molecule has 2 rings (SSSR count). The predicted octanol–water partition coefficient (Wildman–Crippen LogP) is 2.20. The zero-order chi connectivity index (χ0) is 15.6. The van der Waals surface area contributed by atoms with Crippen LogP contribution >= 0.6 is 0 Å².